The van der Waals surface area contributed by atoms with Gasteiger partial charge in [0.25, 0.3) is 0 Å². The van der Waals surface area contributed by atoms with E-state index in [4.69, 9.17) is 5.26 Å². The Kier molecular flexibility index (Phi) is 5.31. The van der Waals surface area contributed by atoms with Gasteiger partial charge in [0, 0.05) is 31.4 Å². The Morgan fingerprint density at radius 2 is 2.13 bits per heavy atom. The summed E-state index contributed by atoms with van der Waals surface area (Å²) in [7, 11) is 1.81. The first kappa shape index (κ1) is 16.5. The third-order valence-electron chi connectivity index (χ3n) is 3.38. The summed E-state index contributed by atoms with van der Waals surface area (Å²) in [6.07, 6.45) is 1.64. The van der Waals surface area contributed by atoms with Gasteiger partial charge in [0.05, 0.1) is 12.0 Å². The third-order valence-corrected chi connectivity index (χ3v) is 3.38. The van der Waals surface area contributed by atoms with Crippen molar-refractivity contribution in [1.82, 2.24) is 19.7 Å². The van der Waals surface area contributed by atoms with Crippen LogP contribution >= 0.6 is 0 Å². The normalized spacial score (nSPS) is 11.6. The summed E-state index contributed by atoms with van der Waals surface area (Å²) in [5, 5.41) is 15.9. The number of hydrogen-bond donors (Lipinski definition) is 1. The summed E-state index contributed by atoms with van der Waals surface area (Å²) in [5.41, 5.74) is 1.58. The first-order valence-electron chi connectivity index (χ1n) is 7.45. The summed E-state index contributed by atoms with van der Waals surface area (Å²) < 4.78 is 1.64. The predicted molar refractivity (Wildman–Crippen MR) is 87.5 cm³/mol. The molecule has 120 valence electrons. The highest BCUT2D eigenvalue weighted by atomic mass is 16.2. The SMILES string of the molecule is CCN(CC(C)C#N)C(=O)Nc1ccc(-c2ncn(C)n2)cc1. The van der Waals surface area contributed by atoms with Gasteiger partial charge < -0.3 is 10.2 Å². The maximum Gasteiger partial charge on any atom is 0.321 e. The molecule has 1 atom stereocenters. The second-order valence-corrected chi connectivity index (χ2v) is 5.32. The second kappa shape index (κ2) is 7.40. The molecule has 1 unspecified atom stereocenters. The van der Waals surface area contributed by atoms with Crippen molar-refractivity contribution in [1.29, 1.82) is 5.26 Å². The number of urea groups is 1. The smallest absolute Gasteiger partial charge is 0.321 e. The van der Waals surface area contributed by atoms with Crippen LogP contribution in [0.25, 0.3) is 11.4 Å². The van der Waals surface area contributed by atoms with Gasteiger partial charge in [-0.2, -0.15) is 10.4 Å². The van der Waals surface area contributed by atoms with E-state index in [0.29, 0.717) is 24.6 Å². The number of nitriles is 1. The number of aromatic nitrogens is 3. The molecule has 0 aliphatic heterocycles. The lowest BCUT2D eigenvalue weighted by atomic mass is 10.2. The van der Waals surface area contributed by atoms with E-state index in [1.54, 1.807) is 22.8 Å². The van der Waals surface area contributed by atoms with Gasteiger partial charge in [-0.15, -0.1) is 0 Å². The molecule has 23 heavy (non-hydrogen) atoms. The van der Waals surface area contributed by atoms with Gasteiger partial charge in [-0.3, -0.25) is 4.68 Å². The Morgan fingerprint density at radius 1 is 1.43 bits per heavy atom. The summed E-state index contributed by atoms with van der Waals surface area (Å²) in [4.78, 5) is 18.0. The van der Waals surface area contributed by atoms with Crippen LogP contribution in [0.1, 0.15) is 13.8 Å². The molecule has 7 heteroatoms. The molecule has 0 saturated heterocycles. The molecule has 1 N–H and O–H groups in total. The molecular formula is C16H20N6O. The van der Waals surface area contributed by atoms with Crippen LogP contribution in [-0.2, 0) is 7.05 Å². The van der Waals surface area contributed by atoms with Gasteiger partial charge in [-0.25, -0.2) is 9.78 Å². The van der Waals surface area contributed by atoms with Crippen LogP contribution in [-0.4, -0.2) is 38.8 Å². The Balaban J connectivity index is 2.02. The quantitative estimate of drug-likeness (QED) is 0.919. The maximum absolute atomic E-state index is 12.2. The van der Waals surface area contributed by atoms with E-state index in [1.807, 2.05) is 38.2 Å². The van der Waals surface area contributed by atoms with Crippen molar-refractivity contribution in [2.45, 2.75) is 13.8 Å². The van der Waals surface area contributed by atoms with Crippen molar-refractivity contribution in [2.24, 2.45) is 13.0 Å². The van der Waals surface area contributed by atoms with Crippen LogP contribution in [0.3, 0.4) is 0 Å². The molecule has 7 nitrogen and oxygen atoms in total. The van der Waals surface area contributed by atoms with Gasteiger partial charge in [0.2, 0.25) is 0 Å². The highest BCUT2D eigenvalue weighted by Crippen LogP contribution is 2.18. The monoisotopic (exact) mass is 312 g/mol. The van der Waals surface area contributed by atoms with Crippen molar-refractivity contribution in [3.8, 4) is 17.5 Å². The summed E-state index contributed by atoms with van der Waals surface area (Å²) in [5.74, 6) is 0.446. The van der Waals surface area contributed by atoms with Crippen LogP contribution < -0.4 is 5.32 Å². The number of benzene rings is 1. The largest absolute Gasteiger partial charge is 0.324 e. The average molecular weight is 312 g/mol. The lowest BCUT2D eigenvalue weighted by Gasteiger charge is -2.22. The Labute approximate surface area is 135 Å². The fourth-order valence-electron chi connectivity index (χ4n) is 2.10. The van der Waals surface area contributed by atoms with Crippen molar-refractivity contribution in [3.05, 3.63) is 30.6 Å². The van der Waals surface area contributed by atoms with Crippen LogP contribution in [0, 0.1) is 17.2 Å². The van der Waals surface area contributed by atoms with Crippen molar-refractivity contribution in [2.75, 3.05) is 18.4 Å². The predicted octanol–water partition coefficient (Wildman–Crippen LogP) is 2.50. The standard InChI is InChI=1S/C16H20N6O/c1-4-22(10-12(2)9-17)16(23)19-14-7-5-13(6-8-14)15-18-11-21(3)20-15/h5-8,11-12H,4,10H2,1-3H3,(H,19,23). The molecule has 0 aliphatic carbocycles. The molecule has 0 saturated carbocycles. The van der Waals surface area contributed by atoms with Crippen LogP contribution in [0.5, 0.6) is 0 Å². The molecule has 0 fully saturated rings. The van der Waals surface area contributed by atoms with Crippen molar-refractivity contribution >= 4 is 11.7 Å². The van der Waals surface area contributed by atoms with Crippen LogP contribution in [0.15, 0.2) is 30.6 Å². The minimum Gasteiger partial charge on any atom is -0.324 e. The number of nitrogens with one attached hydrogen (secondary N) is 1. The fourth-order valence-corrected chi connectivity index (χ4v) is 2.10. The topological polar surface area (TPSA) is 86.8 Å². The highest BCUT2D eigenvalue weighted by molar-refractivity contribution is 5.89. The van der Waals surface area contributed by atoms with Gasteiger partial charge in [0.15, 0.2) is 5.82 Å². The minimum atomic E-state index is -0.210. The molecule has 0 aliphatic rings. The molecule has 1 heterocycles. The third kappa shape index (κ3) is 4.30. The van der Waals surface area contributed by atoms with Crippen LogP contribution in [0.4, 0.5) is 10.5 Å². The number of amides is 2. The fraction of sp³-hybridized carbons (Fsp3) is 0.375. The summed E-state index contributed by atoms with van der Waals surface area (Å²) in [6, 6.07) is 9.27. The molecule has 1 aromatic heterocycles. The number of rotatable bonds is 5. The van der Waals surface area contributed by atoms with E-state index in [0.717, 1.165) is 5.56 Å². The molecule has 0 radical (unpaired) electrons. The van der Waals surface area contributed by atoms with E-state index in [2.05, 4.69) is 21.5 Å². The maximum atomic E-state index is 12.2. The first-order valence-corrected chi connectivity index (χ1v) is 7.45. The number of anilines is 1. The van der Waals surface area contributed by atoms with Crippen molar-refractivity contribution in [3.63, 3.8) is 0 Å². The molecule has 2 aromatic rings. The summed E-state index contributed by atoms with van der Waals surface area (Å²) >= 11 is 0. The molecule has 1 aromatic carbocycles. The Hall–Kier alpha value is -2.88. The van der Waals surface area contributed by atoms with Gasteiger partial charge in [-0.1, -0.05) is 0 Å². The van der Waals surface area contributed by atoms with E-state index in [1.165, 1.54) is 0 Å². The van der Waals surface area contributed by atoms with Gasteiger partial charge in [0.1, 0.15) is 6.33 Å². The summed E-state index contributed by atoms with van der Waals surface area (Å²) in [6.45, 7) is 4.65. The highest BCUT2D eigenvalue weighted by Gasteiger charge is 2.14. The van der Waals surface area contributed by atoms with E-state index < -0.39 is 0 Å². The molecule has 2 amide bonds. The van der Waals surface area contributed by atoms with Gasteiger partial charge >= 0.3 is 6.03 Å². The first-order chi connectivity index (χ1) is 11.0. The van der Waals surface area contributed by atoms with Crippen molar-refractivity contribution < 1.29 is 4.79 Å². The molecule has 2 rings (SSSR count). The van der Waals surface area contributed by atoms with E-state index in [9.17, 15) is 4.79 Å². The van der Waals surface area contributed by atoms with Gasteiger partial charge in [-0.05, 0) is 38.1 Å². The Bertz CT molecular complexity index is 700. The van der Waals surface area contributed by atoms with E-state index >= 15 is 0 Å². The molecular weight excluding hydrogens is 292 g/mol. The number of carbonyl (C=O) groups is 1. The lowest BCUT2D eigenvalue weighted by Crippen LogP contribution is -2.37. The zero-order valence-corrected chi connectivity index (χ0v) is 13.5. The Morgan fingerprint density at radius 3 is 2.65 bits per heavy atom. The number of aryl methyl sites for hydroxylation is 1. The number of carbonyl (C=O) groups excluding carboxylic acids is 1. The minimum absolute atomic E-state index is 0.196. The lowest BCUT2D eigenvalue weighted by molar-refractivity contribution is 0.210. The zero-order valence-electron chi connectivity index (χ0n) is 13.5. The molecule has 0 spiro atoms. The second-order valence-electron chi connectivity index (χ2n) is 5.32. The number of hydrogen-bond acceptors (Lipinski definition) is 4. The molecule has 0 bridgehead atoms. The van der Waals surface area contributed by atoms with E-state index in [-0.39, 0.29) is 11.9 Å². The van der Waals surface area contributed by atoms with Crippen LogP contribution in [0.2, 0.25) is 0 Å². The number of nitrogens with zero attached hydrogens (tertiary/aromatic N) is 5. The zero-order chi connectivity index (χ0) is 16.8. The average Bonchev–Trinajstić information content (AvgIpc) is 2.99.